The summed E-state index contributed by atoms with van der Waals surface area (Å²) in [5.41, 5.74) is 1.36. The van der Waals surface area contributed by atoms with E-state index in [0.29, 0.717) is 12.2 Å². The normalized spacial score (nSPS) is 13.6. The number of aliphatic hydroxyl groups excluding tert-OH is 1. The lowest BCUT2D eigenvalue weighted by molar-refractivity contribution is 0.0221. The van der Waals surface area contributed by atoms with E-state index >= 15 is 0 Å². The van der Waals surface area contributed by atoms with Gasteiger partial charge >= 0.3 is 7.82 Å². The third-order valence-corrected chi connectivity index (χ3v) is 6.26. The van der Waals surface area contributed by atoms with Crippen molar-refractivity contribution < 1.29 is 23.2 Å². The summed E-state index contributed by atoms with van der Waals surface area (Å²) in [5, 5.41) is 9.41. The Morgan fingerprint density at radius 2 is 1.48 bits per heavy atom. The minimum Gasteiger partial charge on any atom is -0.404 e. The van der Waals surface area contributed by atoms with Crippen LogP contribution in [0.25, 0.3) is 0 Å². The second-order valence-corrected chi connectivity index (χ2v) is 11.8. The van der Waals surface area contributed by atoms with Crippen LogP contribution in [0.5, 0.6) is 5.75 Å². The van der Waals surface area contributed by atoms with Crippen LogP contribution in [-0.2, 0) is 25.4 Å². The maximum absolute atomic E-state index is 13.7. The van der Waals surface area contributed by atoms with Gasteiger partial charge in [0.05, 0.1) is 11.2 Å². The minimum atomic E-state index is -3.92. The van der Waals surface area contributed by atoms with Crippen molar-refractivity contribution in [3.8, 4) is 5.75 Å². The standard InChI is InChI=1S/C23H41O5P/c1-11-13-23(9,10)20-17(2)15-18(12-14-24)16-19(20)26-29(25,27-21(3,4)5)28-22(6,7)8/h15-16,24H,11-14H2,1-10H3. The molecule has 0 amide bonds. The molecule has 0 spiro atoms. The molecule has 0 aliphatic heterocycles. The molecule has 0 heterocycles. The maximum atomic E-state index is 13.7. The van der Waals surface area contributed by atoms with Crippen molar-refractivity contribution in [1.29, 1.82) is 0 Å². The highest BCUT2D eigenvalue weighted by Gasteiger charge is 2.40. The van der Waals surface area contributed by atoms with Gasteiger partial charge in [-0.15, -0.1) is 0 Å². The first-order valence-corrected chi connectivity index (χ1v) is 11.9. The van der Waals surface area contributed by atoms with Crippen molar-refractivity contribution in [1.82, 2.24) is 0 Å². The van der Waals surface area contributed by atoms with Crippen LogP contribution in [0.4, 0.5) is 0 Å². The Hall–Kier alpha value is -0.870. The number of benzene rings is 1. The van der Waals surface area contributed by atoms with Crippen molar-refractivity contribution >= 4 is 7.82 Å². The lowest BCUT2D eigenvalue weighted by Crippen LogP contribution is -2.26. The molecule has 1 aromatic carbocycles. The van der Waals surface area contributed by atoms with E-state index in [9.17, 15) is 9.67 Å². The van der Waals surface area contributed by atoms with Crippen LogP contribution in [-0.4, -0.2) is 22.9 Å². The van der Waals surface area contributed by atoms with E-state index in [1.54, 1.807) is 0 Å². The van der Waals surface area contributed by atoms with Crippen LogP contribution < -0.4 is 4.52 Å². The molecule has 0 aliphatic carbocycles. The van der Waals surface area contributed by atoms with Gasteiger partial charge in [-0.05, 0) is 83.9 Å². The predicted molar refractivity (Wildman–Crippen MR) is 120 cm³/mol. The molecular formula is C23H41O5P. The van der Waals surface area contributed by atoms with Gasteiger partial charge in [0.2, 0.25) is 0 Å². The van der Waals surface area contributed by atoms with E-state index < -0.39 is 19.0 Å². The van der Waals surface area contributed by atoms with Crippen LogP contribution in [0.15, 0.2) is 12.1 Å². The Kier molecular flexibility index (Phi) is 8.58. The zero-order chi connectivity index (χ0) is 22.7. The summed E-state index contributed by atoms with van der Waals surface area (Å²) in [7, 11) is -3.92. The fourth-order valence-corrected chi connectivity index (χ4v) is 5.48. The quantitative estimate of drug-likeness (QED) is 0.442. The van der Waals surface area contributed by atoms with Crippen LogP contribution in [0.3, 0.4) is 0 Å². The molecule has 0 radical (unpaired) electrons. The molecular weight excluding hydrogens is 387 g/mol. The molecule has 1 aromatic rings. The van der Waals surface area contributed by atoms with Gasteiger partial charge in [0.25, 0.3) is 0 Å². The van der Waals surface area contributed by atoms with Crippen molar-refractivity contribution in [2.24, 2.45) is 0 Å². The molecule has 168 valence electrons. The summed E-state index contributed by atoms with van der Waals surface area (Å²) in [6.45, 7) is 19.5. The lowest BCUT2D eigenvalue weighted by Gasteiger charge is -2.34. The topological polar surface area (TPSA) is 65.0 Å². The molecule has 6 heteroatoms. The van der Waals surface area contributed by atoms with Gasteiger partial charge in [-0.2, -0.15) is 0 Å². The molecule has 0 bridgehead atoms. The van der Waals surface area contributed by atoms with E-state index in [1.807, 2.05) is 54.5 Å². The summed E-state index contributed by atoms with van der Waals surface area (Å²) in [6.07, 6.45) is 2.46. The summed E-state index contributed by atoms with van der Waals surface area (Å²) in [5.74, 6) is 0.503. The Balaban J connectivity index is 3.59. The van der Waals surface area contributed by atoms with E-state index in [-0.39, 0.29) is 12.0 Å². The second kappa shape index (κ2) is 9.51. The fourth-order valence-electron chi connectivity index (χ4n) is 3.64. The lowest BCUT2D eigenvalue weighted by atomic mass is 9.77. The number of aliphatic hydroxyl groups is 1. The molecule has 0 aromatic heterocycles. The minimum absolute atomic E-state index is 0.0330. The SMILES string of the molecule is CCCC(C)(C)c1c(C)cc(CCO)cc1OP(=O)(OC(C)(C)C)OC(C)(C)C. The third-order valence-electron chi connectivity index (χ3n) is 4.29. The molecule has 29 heavy (non-hydrogen) atoms. The first-order chi connectivity index (χ1) is 13.0. The Morgan fingerprint density at radius 1 is 0.966 bits per heavy atom. The van der Waals surface area contributed by atoms with Crippen molar-refractivity contribution in [3.63, 3.8) is 0 Å². The molecule has 0 fully saturated rings. The molecule has 1 N–H and O–H groups in total. The zero-order valence-electron chi connectivity index (χ0n) is 20.0. The van der Waals surface area contributed by atoms with E-state index in [4.69, 9.17) is 13.6 Å². The molecule has 0 aliphatic rings. The maximum Gasteiger partial charge on any atom is 0.531 e. The number of rotatable bonds is 9. The Morgan fingerprint density at radius 3 is 1.90 bits per heavy atom. The largest absolute Gasteiger partial charge is 0.531 e. The Labute approximate surface area is 177 Å². The van der Waals surface area contributed by atoms with E-state index in [2.05, 4.69) is 26.8 Å². The summed E-state index contributed by atoms with van der Waals surface area (Å²) >= 11 is 0. The van der Waals surface area contributed by atoms with Gasteiger partial charge in [0.15, 0.2) is 0 Å². The molecule has 5 nitrogen and oxygen atoms in total. The summed E-state index contributed by atoms with van der Waals surface area (Å²) in [4.78, 5) is 0. The molecule has 0 atom stereocenters. The second-order valence-electron chi connectivity index (χ2n) is 10.3. The summed E-state index contributed by atoms with van der Waals surface area (Å²) in [6, 6.07) is 3.93. The van der Waals surface area contributed by atoms with Gasteiger partial charge in [-0.3, -0.25) is 9.05 Å². The predicted octanol–water partition coefficient (Wildman–Crippen LogP) is 6.72. The number of hydrogen-bond acceptors (Lipinski definition) is 5. The first kappa shape index (κ1) is 26.2. The fraction of sp³-hybridized carbons (Fsp3) is 0.739. The number of aryl methyl sites for hydroxylation is 1. The average molecular weight is 429 g/mol. The van der Waals surface area contributed by atoms with Gasteiger partial charge in [-0.1, -0.05) is 33.3 Å². The molecule has 0 unspecified atom stereocenters. The molecule has 1 rings (SSSR count). The zero-order valence-corrected chi connectivity index (χ0v) is 20.9. The molecule has 0 saturated heterocycles. The monoisotopic (exact) mass is 428 g/mol. The van der Waals surface area contributed by atoms with Gasteiger partial charge in [0, 0.05) is 12.2 Å². The van der Waals surface area contributed by atoms with Crippen LogP contribution in [0, 0.1) is 6.92 Å². The number of hydrogen-bond donors (Lipinski definition) is 1. The average Bonchev–Trinajstić information content (AvgIpc) is 2.41. The van der Waals surface area contributed by atoms with Crippen molar-refractivity contribution in [3.05, 3.63) is 28.8 Å². The Bertz CT molecular complexity index is 706. The number of phosphoric ester groups is 1. The van der Waals surface area contributed by atoms with Crippen molar-refractivity contribution in [2.45, 2.75) is 105 Å². The van der Waals surface area contributed by atoms with E-state index in [1.165, 1.54) is 0 Å². The van der Waals surface area contributed by atoms with Crippen LogP contribution in [0.2, 0.25) is 0 Å². The highest BCUT2D eigenvalue weighted by Crippen LogP contribution is 2.57. The molecule has 0 saturated carbocycles. The number of phosphoric acid groups is 1. The van der Waals surface area contributed by atoms with Crippen LogP contribution in [0.1, 0.15) is 91.8 Å². The first-order valence-electron chi connectivity index (χ1n) is 10.5. The highest BCUT2D eigenvalue weighted by atomic mass is 31.2. The highest BCUT2D eigenvalue weighted by molar-refractivity contribution is 7.49. The smallest absolute Gasteiger partial charge is 0.404 e. The van der Waals surface area contributed by atoms with Crippen LogP contribution >= 0.6 is 7.82 Å². The van der Waals surface area contributed by atoms with Gasteiger partial charge in [0.1, 0.15) is 5.75 Å². The van der Waals surface area contributed by atoms with Gasteiger partial charge in [-0.25, -0.2) is 4.57 Å². The van der Waals surface area contributed by atoms with E-state index in [0.717, 1.165) is 29.5 Å². The summed E-state index contributed by atoms with van der Waals surface area (Å²) < 4.78 is 31.5. The van der Waals surface area contributed by atoms with Gasteiger partial charge < -0.3 is 9.63 Å². The third kappa shape index (κ3) is 8.41. The van der Waals surface area contributed by atoms with Crippen molar-refractivity contribution in [2.75, 3.05) is 6.61 Å².